The summed E-state index contributed by atoms with van der Waals surface area (Å²) in [7, 11) is 0. The van der Waals surface area contributed by atoms with Crippen LogP contribution in [0.1, 0.15) is 31.0 Å². The monoisotopic (exact) mass is 351 g/mol. The van der Waals surface area contributed by atoms with Crippen LogP contribution in [0.25, 0.3) is 22.0 Å². The maximum absolute atomic E-state index is 5.38. The Morgan fingerprint density at radius 2 is 2.00 bits per heavy atom. The average molecular weight is 351 g/mol. The van der Waals surface area contributed by atoms with Crippen LogP contribution >= 0.6 is 11.3 Å². The summed E-state index contributed by atoms with van der Waals surface area (Å²) >= 11 is 1.62. The molecule has 0 aliphatic rings. The number of aromatic nitrogens is 5. The second-order valence-corrected chi connectivity index (χ2v) is 7.03. The molecule has 0 amide bonds. The molecule has 0 saturated heterocycles. The van der Waals surface area contributed by atoms with Gasteiger partial charge in [-0.2, -0.15) is 4.80 Å². The smallest absolute Gasteiger partial charge is 0.204 e. The Labute approximate surface area is 149 Å². The molecular formula is C18H17N5OS. The standard InChI is InChI=1S/C18H17N5OS/c1-12(2)13-5-7-14(8-6-13)18-19-22-23(20-18)11-15-10-16(24-21-15)17-4-3-9-25-17/h3-10,12H,11H2,1-2H3. The van der Waals surface area contributed by atoms with Gasteiger partial charge >= 0.3 is 0 Å². The highest BCUT2D eigenvalue weighted by molar-refractivity contribution is 7.13. The molecule has 25 heavy (non-hydrogen) atoms. The van der Waals surface area contributed by atoms with Gasteiger partial charge in [-0.1, -0.05) is 49.3 Å². The lowest BCUT2D eigenvalue weighted by Gasteiger charge is -2.04. The molecule has 0 bridgehead atoms. The van der Waals surface area contributed by atoms with Crippen molar-refractivity contribution < 1.29 is 4.52 Å². The van der Waals surface area contributed by atoms with E-state index in [4.69, 9.17) is 4.52 Å². The normalized spacial score (nSPS) is 11.3. The van der Waals surface area contributed by atoms with Crippen LogP contribution in [0.4, 0.5) is 0 Å². The van der Waals surface area contributed by atoms with E-state index in [-0.39, 0.29) is 0 Å². The van der Waals surface area contributed by atoms with Crippen LogP contribution < -0.4 is 0 Å². The van der Waals surface area contributed by atoms with E-state index in [2.05, 4.69) is 46.5 Å². The van der Waals surface area contributed by atoms with Gasteiger partial charge in [-0.15, -0.1) is 21.5 Å². The maximum Gasteiger partial charge on any atom is 0.204 e. The first-order valence-electron chi connectivity index (χ1n) is 8.06. The molecule has 1 aromatic carbocycles. The second kappa shape index (κ2) is 6.60. The van der Waals surface area contributed by atoms with Gasteiger partial charge in [0.25, 0.3) is 0 Å². The van der Waals surface area contributed by atoms with Crippen LogP contribution in [0.2, 0.25) is 0 Å². The lowest BCUT2D eigenvalue weighted by Crippen LogP contribution is -2.04. The van der Waals surface area contributed by atoms with E-state index in [0.29, 0.717) is 18.3 Å². The minimum atomic E-state index is 0.423. The first-order chi connectivity index (χ1) is 12.2. The molecular weight excluding hydrogens is 334 g/mol. The van der Waals surface area contributed by atoms with Crippen LogP contribution in [-0.2, 0) is 6.54 Å². The van der Waals surface area contributed by atoms with Crippen molar-refractivity contribution in [2.75, 3.05) is 0 Å². The van der Waals surface area contributed by atoms with Gasteiger partial charge in [-0.3, -0.25) is 0 Å². The Morgan fingerprint density at radius 3 is 2.72 bits per heavy atom. The minimum absolute atomic E-state index is 0.423. The fourth-order valence-electron chi connectivity index (χ4n) is 2.51. The highest BCUT2D eigenvalue weighted by Gasteiger charge is 2.11. The fraction of sp³-hybridized carbons (Fsp3) is 0.222. The third-order valence-electron chi connectivity index (χ3n) is 3.91. The summed E-state index contributed by atoms with van der Waals surface area (Å²) < 4.78 is 5.38. The molecule has 3 aromatic heterocycles. The number of tetrazole rings is 1. The summed E-state index contributed by atoms with van der Waals surface area (Å²) in [5, 5.41) is 18.8. The predicted molar refractivity (Wildman–Crippen MR) is 96.3 cm³/mol. The Morgan fingerprint density at radius 1 is 1.16 bits per heavy atom. The molecule has 4 rings (SSSR count). The number of thiophene rings is 1. The Hall–Kier alpha value is -2.80. The summed E-state index contributed by atoms with van der Waals surface area (Å²) in [6.45, 7) is 4.77. The molecule has 0 aliphatic heterocycles. The number of hydrogen-bond acceptors (Lipinski definition) is 6. The van der Waals surface area contributed by atoms with E-state index >= 15 is 0 Å². The lowest BCUT2D eigenvalue weighted by molar-refractivity contribution is 0.416. The molecule has 7 heteroatoms. The average Bonchev–Trinajstić information content (AvgIpc) is 3.37. The molecule has 0 radical (unpaired) electrons. The summed E-state index contributed by atoms with van der Waals surface area (Å²) in [4.78, 5) is 2.58. The van der Waals surface area contributed by atoms with Crippen molar-refractivity contribution in [3.05, 3.63) is 59.1 Å². The Balaban J connectivity index is 1.50. The highest BCUT2D eigenvalue weighted by Crippen LogP contribution is 2.25. The quantitative estimate of drug-likeness (QED) is 0.538. The van der Waals surface area contributed by atoms with Crippen molar-refractivity contribution in [1.82, 2.24) is 25.4 Å². The third-order valence-corrected chi connectivity index (χ3v) is 4.80. The van der Waals surface area contributed by atoms with Gasteiger partial charge in [0.05, 0.1) is 4.88 Å². The number of benzene rings is 1. The highest BCUT2D eigenvalue weighted by atomic mass is 32.1. The molecule has 126 valence electrons. The van der Waals surface area contributed by atoms with E-state index in [9.17, 15) is 0 Å². The molecule has 0 N–H and O–H groups in total. The molecule has 3 heterocycles. The van der Waals surface area contributed by atoms with Gasteiger partial charge < -0.3 is 4.52 Å². The van der Waals surface area contributed by atoms with Crippen LogP contribution in [0.5, 0.6) is 0 Å². The molecule has 0 fully saturated rings. The summed E-state index contributed by atoms with van der Waals surface area (Å²) in [5.41, 5.74) is 3.01. The Kier molecular flexibility index (Phi) is 4.15. The predicted octanol–water partition coefficient (Wildman–Crippen LogP) is 4.23. The first-order valence-corrected chi connectivity index (χ1v) is 8.94. The van der Waals surface area contributed by atoms with Gasteiger partial charge in [-0.25, -0.2) is 0 Å². The van der Waals surface area contributed by atoms with Gasteiger partial charge in [0.15, 0.2) is 5.76 Å². The molecule has 4 aromatic rings. The van der Waals surface area contributed by atoms with Crippen molar-refractivity contribution in [3.8, 4) is 22.0 Å². The van der Waals surface area contributed by atoms with Crippen molar-refractivity contribution in [2.45, 2.75) is 26.3 Å². The van der Waals surface area contributed by atoms with Gasteiger partial charge in [0, 0.05) is 11.6 Å². The molecule has 0 aliphatic carbocycles. The topological polar surface area (TPSA) is 69.6 Å². The number of nitrogens with zero attached hydrogens (tertiary/aromatic N) is 5. The van der Waals surface area contributed by atoms with Gasteiger partial charge in [0.1, 0.15) is 12.2 Å². The molecule has 0 atom stereocenters. The van der Waals surface area contributed by atoms with E-state index in [1.165, 1.54) is 10.4 Å². The summed E-state index contributed by atoms with van der Waals surface area (Å²) in [6.07, 6.45) is 0. The van der Waals surface area contributed by atoms with Crippen LogP contribution in [-0.4, -0.2) is 25.4 Å². The lowest BCUT2D eigenvalue weighted by atomic mass is 10.0. The zero-order valence-corrected chi connectivity index (χ0v) is 14.8. The summed E-state index contributed by atoms with van der Waals surface area (Å²) in [6, 6.07) is 14.2. The third kappa shape index (κ3) is 3.36. The zero-order chi connectivity index (χ0) is 17.2. The van der Waals surface area contributed by atoms with Crippen molar-refractivity contribution in [1.29, 1.82) is 0 Å². The first kappa shape index (κ1) is 15.7. The van der Waals surface area contributed by atoms with Crippen molar-refractivity contribution in [2.24, 2.45) is 0 Å². The maximum atomic E-state index is 5.38. The van der Waals surface area contributed by atoms with E-state index in [1.807, 2.05) is 35.7 Å². The van der Waals surface area contributed by atoms with Crippen LogP contribution in [0.3, 0.4) is 0 Å². The largest absolute Gasteiger partial charge is 0.355 e. The second-order valence-electron chi connectivity index (χ2n) is 6.08. The Bertz CT molecular complexity index is 954. The fourth-order valence-corrected chi connectivity index (χ4v) is 3.18. The minimum Gasteiger partial charge on any atom is -0.355 e. The molecule has 0 unspecified atom stereocenters. The number of hydrogen-bond donors (Lipinski definition) is 0. The molecule has 0 spiro atoms. The molecule has 6 nitrogen and oxygen atoms in total. The van der Waals surface area contributed by atoms with E-state index < -0.39 is 0 Å². The van der Waals surface area contributed by atoms with E-state index in [1.54, 1.807) is 11.3 Å². The SMILES string of the molecule is CC(C)c1ccc(-c2nnn(Cc3cc(-c4cccs4)on3)n2)cc1. The van der Waals surface area contributed by atoms with Crippen LogP contribution in [0.15, 0.2) is 52.4 Å². The van der Waals surface area contributed by atoms with E-state index in [0.717, 1.165) is 21.9 Å². The number of rotatable bonds is 5. The van der Waals surface area contributed by atoms with Crippen molar-refractivity contribution in [3.63, 3.8) is 0 Å². The summed E-state index contributed by atoms with van der Waals surface area (Å²) in [5.74, 6) is 1.87. The van der Waals surface area contributed by atoms with Gasteiger partial charge in [-0.05, 0) is 28.1 Å². The zero-order valence-electron chi connectivity index (χ0n) is 14.0. The molecule has 0 saturated carbocycles. The van der Waals surface area contributed by atoms with Crippen molar-refractivity contribution >= 4 is 11.3 Å². The van der Waals surface area contributed by atoms with Gasteiger partial charge in [0.2, 0.25) is 5.82 Å². The van der Waals surface area contributed by atoms with Crippen LogP contribution in [0, 0.1) is 0 Å².